The van der Waals surface area contributed by atoms with Crippen LogP contribution in [-0.4, -0.2) is 10.9 Å². The monoisotopic (exact) mass is 298 g/mol. The van der Waals surface area contributed by atoms with Crippen LogP contribution in [0.2, 0.25) is 0 Å². The maximum absolute atomic E-state index is 13.5. The molecule has 2 rings (SSSR count). The molecule has 2 aromatic rings. The third-order valence-electron chi connectivity index (χ3n) is 2.52. The van der Waals surface area contributed by atoms with Crippen molar-refractivity contribution < 1.29 is 13.6 Å². The summed E-state index contributed by atoms with van der Waals surface area (Å²) >= 11 is 1.44. The Hall–Kier alpha value is -2.06. The number of nitrogens with one attached hydrogen (secondary N) is 2. The highest BCUT2D eigenvalue weighted by molar-refractivity contribution is 7.11. The molecule has 8 heteroatoms. The first kappa shape index (κ1) is 14.4. The molecule has 20 heavy (non-hydrogen) atoms. The Morgan fingerprint density at radius 3 is 2.55 bits per heavy atom. The van der Waals surface area contributed by atoms with Crippen LogP contribution in [0.15, 0.2) is 18.3 Å². The van der Waals surface area contributed by atoms with E-state index in [1.807, 2.05) is 12.3 Å². The van der Waals surface area contributed by atoms with Crippen LogP contribution in [0, 0.1) is 18.6 Å². The number of nitrogen functional groups attached to an aromatic ring is 1. The van der Waals surface area contributed by atoms with E-state index in [9.17, 15) is 13.6 Å². The molecule has 0 saturated heterocycles. The molecule has 0 aliphatic carbocycles. The van der Waals surface area contributed by atoms with E-state index < -0.39 is 23.2 Å². The third-order valence-corrected chi connectivity index (χ3v) is 3.43. The number of hydrogen-bond acceptors (Lipinski definition) is 5. The lowest BCUT2D eigenvalue weighted by Crippen LogP contribution is -2.23. The van der Waals surface area contributed by atoms with Crippen LogP contribution in [-0.2, 0) is 6.54 Å². The van der Waals surface area contributed by atoms with E-state index in [-0.39, 0.29) is 12.1 Å². The zero-order valence-corrected chi connectivity index (χ0v) is 11.4. The Labute approximate surface area is 117 Å². The molecular formula is C12H12F2N4OS. The highest BCUT2D eigenvalue weighted by atomic mass is 32.1. The number of carbonyl (C=O) groups excluding carboxylic acids is 1. The quantitative estimate of drug-likeness (QED) is 0.595. The number of nitrogens with zero attached hydrogens (tertiary/aromatic N) is 1. The van der Waals surface area contributed by atoms with Gasteiger partial charge in [0.05, 0.1) is 6.54 Å². The molecule has 0 saturated carbocycles. The van der Waals surface area contributed by atoms with Crippen LogP contribution >= 0.6 is 11.3 Å². The summed E-state index contributed by atoms with van der Waals surface area (Å²) in [6, 6.07) is 1.83. The first-order valence-corrected chi connectivity index (χ1v) is 6.48. The minimum Gasteiger partial charge on any atom is -0.346 e. The number of thiazole rings is 1. The average molecular weight is 298 g/mol. The van der Waals surface area contributed by atoms with E-state index in [1.165, 1.54) is 11.3 Å². The number of carbonyl (C=O) groups is 1. The van der Waals surface area contributed by atoms with Crippen molar-refractivity contribution in [2.75, 3.05) is 5.43 Å². The van der Waals surface area contributed by atoms with E-state index >= 15 is 0 Å². The number of benzene rings is 1. The third kappa shape index (κ3) is 3.09. The van der Waals surface area contributed by atoms with Crippen LogP contribution in [0.5, 0.6) is 0 Å². The Morgan fingerprint density at radius 2 is 2.05 bits per heavy atom. The van der Waals surface area contributed by atoms with Gasteiger partial charge >= 0.3 is 0 Å². The smallest absolute Gasteiger partial charge is 0.251 e. The molecule has 5 nitrogen and oxygen atoms in total. The van der Waals surface area contributed by atoms with Gasteiger partial charge < -0.3 is 10.7 Å². The van der Waals surface area contributed by atoms with Crippen LogP contribution in [0.4, 0.5) is 14.5 Å². The van der Waals surface area contributed by atoms with Gasteiger partial charge in [-0.2, -0.15) is 0 Å². The van der Waals surface area contributed by atoms with Crippen molar-refractivity contribution in [3.05, 3.63) is 45.4 Å². The lowest BCUT2D eigenvalue weighted by Gasteiger charge is -2.07. The molecule has 0 radical (unpaired) electrons. The summed E-state index contributed by atoms with van der Waals surface area (Å²) in [7, 11) is 0. The summed E-state index contributed by atoms with van der Waals surface area (Å²) in [4.78, 5) is 16.9. The number of nitrogens with two attached hydrogens (primary N) is 1. The molecule has 4 N–H and O–H groups in total. The Bertz CT molecular complexity index is 621. The summed E-state index contributed by atoms with van der Waals surface area (Å²) in [5, 5.41) is 3.26. The van der Waals surface area contributed by atoms with Crippen molar-refractivity contribution in [3.8, 4) is 0 Å². The van der Waals surface area contributed by atoms with Crippen molar-refractivity contribution in [1.29, 1.82) is 0 Å². The molecular weight excluding hydrogens is 286 g/mol. The highest BCUT2D eigenvalue weighted by Crippen LogP contribution is 2.19. The number of hydrazine groups is 1. The van der Waals surface area contributed by atoms with Gasteiger partial charge in [0, 0.05) is 16.6 Å². The highest BCUT2D eigenvalue weighted by Gasteiger charge is 2.14. The van der Waals surface area contributed by atoms with Crippen molar-refractivity contribution >= 4 is 22.9 Å². The summed E-state index contributed by atoms with van der Waals surface area (Å²) < 4.78 is 26.9. The molecule has 0 atom stereocenters. The first-order chi connectivity index (χ1) is 9.51. The number of halogens is 2. The van der Waals surface area contributed by atoms with Gasteiger partial charge in [0.25, 0.3) is 5.91 Å². The van der Waals surface area contributed by atoms with Gasteiger partial charge in [-0.3, -0.25) is 10.6 Å². The fourth-order valence-corrected chi connectivity index (χ4v) is 2.31. The SMILES string of the molecule is Cc1cnc(CNC(=O)c2cc(F)c(NN)c(F)c2)s1. The number of hydrogen-bond donors (Lipinski definition) is 3. The molecule has 0 aliphatic heterocycles. The van der Waals surface area contributed by atoms with Gasteiger partial charge in [0.15, 0.2) is 11.6 Å². The molecule has 1 aromatic heterocycles. The molecule has 1 aromatic carbocycles. The van der Waals surface area contributed by atoms with Gasteiger partial charge in [-0.25, -0.2) is 13.8 Å². The largest absolute Gasteiger partial charge is 0.346 e. The minimum absolute atomic E-state index is 0.118. The summed E-state index contributed by atoms with van der Waals surface area (Å²) in [5.74, 6) is 2.54. The van der Waals surface area contributed by atoms with Crippen LogP contribution in [0.25, 0.3) is 0 Å². The number of aryl methyl sites for hydroxylation is 1. The fourth-order valence-electron chi connectivity index (χ4n) is 1.58. The maximum atomic E-state index is 13.5. The molecule has 0 fully saturated rings. The first-order valence-electron chi connectivity index (χ1n) is 5.66. The molecule has 0 aliphatic rings. The predicted molar refractivity (Wildman–Crippen MR) is 72.2 cm³/mol. The van der Waals surface area contributed by atoms with Crippen molar-refractivity contribution in [1.82, 2.24) is 10.3 Å². The summed E-state index contributed by atoms with van der Waals surface area (Å²) in [6.45, 7) is 2.10. The number of amides is 1. The lowest BCUT2D eigenvalue weighted by molar-refractivity contribution is 0.0950. The zero-order valence-electron chi connectivity index (χ0n) is 10.5. The van der Waals surface area contributed by atoms with Crippen LogP contribution < -0.4 is 16.6 Å². The maximum Gasteiger partial charge on any atom is 0.251 e. The normalized spacial score (nSPS) is 10.4. The predicted octanol–water partition coefficient (Wildman–Crippen LogP) is 1.95. The summed E-state index contributed by atoms with van der Waals surface area (Å²) in [5.41, 5.74) is 1.31. The Kier molecular flexibility index (Phi) is 4.26. The zero-order chi connectivity index (χ0) is 14.7. The van der Waals surface area contributed by atoms with Crippen molar-refractivity contribution in [2.24, 2.45) is 5.84 Å². The Balaban J connectivity index is 2.09. The van der Waals surface area contributed by atoms with Crippen molar-refractivity contribution in [3.63, 3.8) is 0 Å². The second-order valence-electron chi connectivity index (χ2n) is 4.01. The van der Waals surface area contributed by atoms with Gasteiger partial charge in [-0.1, -0.05) is 0 Å². The van der Waals surface area contributed by atoms with Gasteiger partial charge in [0.1, 0.15) is 10.7 Å². The fraction of sp³-hybridized carbons (Fsp3) is 0.167. The molecule has 0 unspecified atom stereocenters. The molecule has 1 amide bonds. The molecule has 1 heterocycles. The standard InChI is InChI=1S/C12H12F2N4OS/c1-6-4-16-10(20-6)5-17-12(19)7-2-8(13)11(18-15)9(14)3-7/h2-4,18H,5,15H2,1H3,(H,17,19). The molecule has 0 spiro atoms. The van der Waals surface area contributed by atoms with Crippen molar-refractivity contribution in [2.45, 2.75) is 13.5 Å². The van der Waals surface area contributed by atoms with Crippen LogP contribution in [0.3, 0.4) is 0 Å². The minimum atomic E-state index is -0.928. The second-order valence-corrected chi connectivity index (χ2v) is 5.33. The van der Waals surface area contributed by atoms with E-state index in [4.69, 9.17) is 5.84 Å². The average Bonchev–Trinajstić information content (AvgIpc) is 2.81. The van der Waals surface area contributed by atoms with E-state index in [0.29, 0.717) is 0 Å². The van der Waals surface area contributed by atoms with E-state index in [0.717, 1.165) is 22.0 Å². The van der Waals surface area contributed by atoms with Gasteiger partial charge in [-0.05, 0) is 19.1 Å². The number of rotatable bonds is 4. The van der Waals surface area contributed by atoms with E-state index in [1.54, 1.807) is 6.20 Å². The number of anilines is 1. The van der Waals surface area contributed by atoms with Gasteiger partial charge in [-0.15, -0.1) is 11.3 Å². The molecule has 106 valence electrons. The summed E-state index contributed by atoms with van der Waals surface area (Å²) in [6.07, 6.45) is 1.69. The Morgan fingerprint density at radius 1 is 1.40 bits per heavy atom. The van der Waals surface area contributed by atoms with Crippen LogP contribution in [0.1, 0.15) is 20.2 Å². The van der Waals surface area contributed by atoms with E-state index in [2.05, 4.69) is 10.3 Å². The number of aromatic nitrogens is 1. The molecule has 0 bridgehead atoms. The second kappa shape index (κ2) is 5.93. The topological polar surface area (TPSA) is 80.0 Å². The van der Waals surface area contributed by atoms with Gasteiger partial charge in [0.2, 0.25) is 0 Å². The lowest BCUT2D eigenvalue weighted by atomic mass is 10.1.